The fourth-order valence-electron chi connectivity index (χ4n) is 4.95. The van der Waals surface area contributed by atoms with Crippen molar-refractivity contribution in [3.63, 3.8) is 0 Å². The molecule has 1 fully saturated rings. The lowest BCUT2D eigenvalue weighted by atomic mass is 9.96. The Morgan fingerprint density at radius 3 is 2.69 bits per heavy atom. The summed E-state index contributed by atoms with van der Waals surface area (Å²) in [7, 11) is 0. The Hall–Kier alpha value is -4.21. The van der Waals surface area contributed by atoms with Crippen molar-refractivity contribution in [3.8, 4) is 5.75 Å². The van der Waals surface area contributed by atoms with Gasteiger partial charge in [-0.25, -0.2) is 9.97 Å². The first-order valence-electron chi connectivity index (χ1n) is 12.3. The Morgan fingerprint density at radius 2 is 1.92 bits per heavy atom. The molecule has 0 bridgehead atoms. The van der Waals surface area contributed by atoms with Crippen molar-refractivity contribution in [3.05, 3.63) is 93.9 Å². The predicted molar refractivity (Wildman–Crippen MR) is 152 cm³/mol. The first kappa shape index (κ1) is 25.1. The summed E-state index contributed by atoms with van der Waals surface area (Å²) in [6, 6.07) is 15.3. The molecule has 0 spiro atoms. The highest BCUT2D eigenvalue weighted by Gasteiger charge is 2.48. The number of carbonyl (C=O) groups excluding carboxylic acids is 2. The highest BCUT2D eigenvalue weighted by atomic mass is 35.5. The Kier molecular flexibility index (Phi) is 6.12. The molecule has 8 nitrogen and oxygen atoms in total. The second-order valence-corrected chi connectivity index (χ2v) is 10.7. The van der Waals surface area contributed by atoms with E-state index in [0.29, 0.717) is 44.9 Å². The molecule has 39 heavy (non-hydrogen) atoms. The number of nitrogens with zero attached hydrogens (tertiary/aromatic N) is 4. The second kappa shape index (κ2) is 9.52. The Morgan fingerprint density at radius 1 is 1.10 bits per heavy atom. The molecule has 0 saturated carbocycles. The number of thiazole rings is 1. The van der Waals surface area contributed by atoms with Gasteiger partial charge in [0, 0.05) is 11.2 Å². The van der Waals surface area contributed by atoms with Gasteiger partial charge in [0.15, 0.2) is 10.9 Å². The molecule has 1 N–H and O–H groups in total. The number of aromatic nitrogens is 3. The maximum atomic E-state index is 13.6. The summed E-state index contributed by atoms with van der Waals surface area (Å²) in [4.78, 5) is 37.9. The van der Waals surface area contributed by atoms with Crippen LogP contribution in [-0.4, -0.2) is 37.8 Å². The summed E-state index contributed by atoms with van der Waals surface area (Å²) in [5.74, 6) is -1.36. The number of rotatable bonds is 5. The van der Waals surface area contributed by atoms with Crippen LogP contribution in [0.1, 0.15) is 35.5 Å². The zero-order chi connectivity index (χ0) is 27.4. The van der Waals surface area contributed by atoms with E-state index in [4.69, 9.17) is 16.3 Å². The molecule has 1 atom stereocenters. The van der Waals surface area contributed by atoms with Gasteiger partial charge in [-0.3, -0.25) is 14.5 Å². The third-order valence-electron chi connectivity index (χ3n) is 6.78. The van der Waals surface area contributed by atoms with Crippen LogP contribution in [0, 0.1) is 13.8 Å². The number of benzene rings is 2. The summed E-state index contributed by atoms with van der Waals surface area (Å²) < 4.78 is 8.33. The molecule has 196 valence electrons. The maximum absolute atomic E-state index is 13.6. The molecule has 1 aliphatic rings. The number of aliphatic hydroxyl groups excluding tert-OH is 1. The topological polar surface area (TPSA) is 97.0 Å². The number of aryl methyl sites for hydroxylation is 2. The smallest absolute Gasteiger partial charge is 0.301 e. The van der Waals surface area contributed by atoms with Gasteiger partial charge in [-0.15, -0.1) is 0 Å². The number of carbonyl (C=O) groups is 2. The number of Topliss-reactive ketones (excluding diaryl/α,β-unsaturated/α-hetero) is 1. The summed E-state index contributed by atoms with van der Waals surface area (Å²) >= 11 is 7.43. The second-order valence-electron chi connectivity index (χ2n) is 9.21. The lowest BCUT2D eigenvalue weighted by Gasteiger charge is -2.23. The molecule has 1 amide bonds. The number of hydrogen-bond acceptors (Lipinski definition) is 7. The minimum Gasteiger partial charge on any atom is -0.505 e. The molecular formula is C29H23ClN4O4S. The van der Waals surface area contributed by atoms with E-state index in [1.165, 1.54) is 16.2 Å². The highest BCUT2D eigenvalue weighted by molar-refractivity contribution is 7.22. The minimum atomic E-state index is -0.952. The summed E-state index contributed by atoms with van der Waals surface area (Å²) in [6.07, 6.45) is 1.84. The number of pyridine rings is 1. The van der Waals surface area contributed by atoms with Crippen LogP contribution in [0.2, 0.25) is 5.02 Å². The van der Waals surface area contributed by atoms with Crippen LogP contribution < -0.4 is 9.64 Å². The Labute approximate surface area is 232 Å². The quantitative estimate of drug-likeness (QED) is 0.156. The van der Waals surface area contributed by atoms with Gasteiger partial charge in [0.1, 0.15) is 17.1 Å². The van der Waals surface area contributed by atoms with Crippen LogP contribution in [0.3, 0.4) is 0 Å². The van der Waals surface area contributed by atoms with Crippen LogP contribution in [0.25, 0.3) is 21.6 Å². The van der Waals surface area contributed by atoms with Crippen molar-refractivity contribution in [2.45, 2.75) is 26.8 Å². The van der Waals surface area contributed by atoms with Gasteiger partial charge in [-0.1, -0.05) is 41.1 Å². The third-order valence-corrected chi connectivity index (χ3v) is 8.04. The number of amides is 1. The van der Waals surface area contributed by atoms with E-state index in [-0.39, 0.29) is 17.0 Å². The van der Waals surface area contributed by atoms with Crippen molar-refractivity contribution in [1.29, 1.82) is 0 Å². The zero-order valence-corrected chi connectivity index (χ0v) is 22.9. The van der Waals surface area contributed by atoms with E-state index in [0.717, 1.165) is 10.3 Å². The summed E-state index contributed by atoms with van der Waals surface area (Å²) in [5.41, 5.74) is 3.64. The number of fused-ring (bicyclic) bond motifs is 2. The number of ketones is 1. The molecule has 0 radical (unpaired) electrons. The summed E-state index contributed by atoms with van der Waals surface area (Å²) in [6.45, 7) is 6.05. The average molecular weight is 559 g/mol. The molecule has 10 heteroatoms. The largest absolute Gasteiger partial charge is 0.505 e. The third kappa shape index (κ3) is 4.05. The van der Waals surface area contributed by atoms with Crippen molar-refractivity contribution < 1.29 is 19.4 Å². The van der Waals surface area contributed by atoms with Gasteiger partial charge < -0.3 is 14.2 Å². The monoisotopic (exact) mass is 558 g/mol. The number of ether oxygens (including phenoxy) is 1. The van der Waals surface area contributed by atoms with Gasteiger partial charge in [0.05, 0.1) is 34.1 Å². The fourth-order valence-corrected chi connectivity index (χ4v) is 6.22. The highest BCUT2D eigenvalue weighted by Crippen LogP contribution is 2.45. The summed E-state index contributed by atoms with van der Waals surface area (Å²) in [5, 5.41) is 12.5. The molecular weight excluding hydrogens is 536 g/mol. The van der Waals surface area contributed by atoms with Gasteiger partial charge in [-0.05, 0) is 68.3 Å². The Balaban J connectivity index is 1.60. The van der Waals surface area contributed by atoms with Crippen molar-refractivity contribution in [2.75, 3.05) is 11.5 Å². The molecule has 1 unspecified atom stereocenters. The van der Waals surface area contributed by atoms with Crippen molar-refractivity contribution in [2.24, 2.45) is 0 Å². The number of anilines is 1. The molecule has 4 heterocycles. The normalized spacial score (nSPS) is 17.0. The Bertz CT molecular complexity index is 1840. The van der Waals surface area contributed by atoms with E-state index in [9.17, 15) is 14.7 Å². The zero-order valence-electron chi connectivity index (χ0n) is 21.3. The number of halogens is 1. The van der Waals surface area contributed by atoms with E-state index < -0.39 is 17.7 Å². The van der Waals surface area contributed by atoms with Crippen molar-refractivity contribution in [1.82, 2.24) is 14.4 Å². The fraction of sp³-hybridized carbons (Fsp3) is 0.172. The van der Waals surface area contributed by atoms with Crippen LogP contribution in [-0.2, 0) is 9.59 Å². The van der Waals surface area contributed by atoms with Crippen LogP contribution in [0.4, 0.5) is 5.13 Å². The van der Waals surface area contributed by atoms with Crippen LogP contribution >= 0.6 is 22.9 Å². The van der Waals surface area contributed by atoms with Gasteiger partial charge in [0.2, 0.25) is 0 Å². The van der Waals surface area contributed by atoms with Crippen LogP contribution in [0.15, 0.2) is 66.4 Å². The number of imidazole rings is 1. The lowest BCUT2D eigenvalue weighted by molar-refractivity contribution is -0.132. The average Bonchev–Trinajstić information content (AvgIpc) is 3.56. The van der Waals surface area contributed by atoms with E-state index >= 15 is 0 Å². The molecule has 1 aliphatic heterocycles. The van der Waals surface area contributed by atoms with Gasteiger partial charge in [-0.2, -0.15) is 0 Å². The molecule has 5 aromatic rings. The predicted octanol–water partition coefficient (Wildman–Crippen LogP) is 6.24. The van der Waals surface area contributed by atoms with E-state index in [1.54, 1.807) is 42.5 Å². The molecule has 2 aromatic carbocycles. The SMILES string of the molecule is CCOc1cccc(C2C(=C(O)c3nc4c(C)cccn4c3C)C(=O)C(=O)N2c2nc3ccc(Cl)cc3s2)c1. The standard InChI is InChI=1S/C29H23ClN4O4S/c1-4-38-19-9-5-8-17(13-19)24-22(25(35)23-16(3)33-12-6-7-15(2)27(33)32-23)26(36)28(37)34(24)29-31-20-11-10-18(30)14-21(20)39-29/h5-14,24,35H,4H2,1-3H3. The van der Waals surface area contributed by atoms with Gasteiger partial charge in [0.25, 0.3) is 5.78 Å². The molecule has 6 rings (SSSR count). The number of aliphatic hydroxyl groups is 1. The lowest BCUT2D eigenvalue weighted by Crippen LogP contribution is -2.29. The molecule has 3 aromatic heterocycles. The molecule has 1 saturated heterocycles. The maximum Gasteiger partial charge on any atom is 0.301 e. The van der Waals surface area contributed by atoms with Crippen molar-refractivity contribution >= 4 is 61.4 Å². The minimum absolute atomic E-state index is 0.0601. The first-order valence-corrected chi connectivity index (χ1v) is 13.5. The van der Waals surface area contributed by atoms with Crippen LogP contribution in [0.5, 0.6) is 5.75 Å². The number of hydrogen-bond donors (Lipinski definition) is 1. The van der Waals surface area contributed by atoms with E-state index in [1.807, 2.05) is 43.5 Å². The van der Waals surface area contributed by atoms with Gasteiger partial charge >= 0.3 is 5.91 Å². The first-order chi connectivity index (χ1) is 18.8. The van der Waals surface area contributed by atoms with E-state index in [2.05, 4.69) is 9.97 Å². The molecule has 0 aliphatic carbocycles.